The Morgan fingerprint density at radius 2 is 1.96 bits per heavy atom. The Morgan fingerprint density at radius 1 is 1.22 bits per heavy atom. The van der Waals surface area contributed by atoms with Crippen LogP contribution in [0.15, 0.2) is 48.5 Å². The van der Waals surface area contributed by atoms with E-state index in [9.17, 15) is 4.79 Å². The summed E-state index contributed by atoms with van der Waals surface area (Å²) in [6.07, 6.45) is 0. The molecule has 0 saturated heterocycles. The lowest BCUT2D eigenvalue weighted by molar-refractivity contribution is -0.121. The van der Waals surface area contributed by atoms with Crippen molar-refractivity contribution >= 4 is 17.5 Å². The van der Waals surface area contributed by atoms with Gasteiger partial charge in [-0.15, -0.1) is 0 Å². The first-order valence-corrected chi connectivity index (χ1v) is 7.88. The Kier molecular flexibility index (Phi) is 6.44. The van der Waals surface area contributed by atoms with Crippen molar-refractivity contribution in [3.8, 4) is 5.75 Å². The maximum Gasteiger partial charge on any atom is 0.221 e. The molecule has 0 spiro atoms. The van der Waals surface area contributed by atoms with Crippen molar-refractivity contribution in [2.45, 2.75) is 20.1 Å². The van der Waals surface area contributed by atoms with Crippen LogP contribution in [0.25, 0.3) is 0 Å². The molecule has 0 bridgehead atoms. The van der Waals surface area contributed by atoms with Crippen molar-refractivity contribution in [3.05, 3.63) is 64.7 Å². The first-order valence-electron chi connectivity index (χ1n) is 7.51. The molecule has 5 heteroatoms. The zero-order valence-corrected chi connectivity index (χ0v) is 13.8. The normalized spacial score (nSPS) is 11.9. The molecule has 0 heterocycles. The van der Waals surface area contributed by atoms with Crippen molar-refractivity contribution in [2.75, 3.05) is 6.54 Å². The molecule has 0 fully saturated rings. The molecule has 0 aliphatic heterocycles. The van der Waals surface area contributed by atoms with Gasteiger partial charge in [-0.25, -0.2) is 0 Å². The lowest BCUT2D eigenvalue weighted by Crippen LogP contribution is -2.30. The number of primary amides is 1. The minimum atomic E-state index is -0.290. The first kappa shape index (κ1) is 17.3. The van der Waals surface area contributed by atoms with E-state index in [0.717, 1.165) is 16.9 Å². The van der Waals surface area contributed by atoms with Crippen LogP contribution < -0.4 is 15.8 Å². The number of hydrogen-bond acceptors (Lipinski definition) is 3. The second-order valence-electron chi connectivity index (χ2n) is 5.50. The number of halogens is 1. The van der Waals surface area contributed by atoms with Crippen molar-refractivity contribution < 1.29 is 9.53 Å². The van der Waals surface area contributed by atoms with E-state index in [4.69, 9.17) is 22.1 Å². The molecule has 1 amide bonds. The first-order chi connectivity index (χ1) is 11.0. The molecule has 0 radical (unpaired) electrons. The zero-order chi connectivity index (χ0) is 16.7. The summed E-state index contributed by atoms with van der Waals surface area (Å²) in [6.45, 7) is 3.55. The highest BCUT2D eigenvalue weighted by Gasteiger charge is 2.07. The summed E-state index contributed by atoms with van der Waals surface area (Å²) in [6, 6.07) is 15.5. The fourth-order valence-corrected chi connectivity index (χ4v) is 2.24. The Balaban J connectivity index is 1.79. The van der Waals surface area contributed by atoms with Gasteiger partial charge in [-0.3, -0.25) is 4.79 Å². The summed E-state index contributed by atoms with van der Waals surface area (Å²) < 4.78 is 5.74. The van der Waals surface area contributed by atoms with Crippen LogP contribution in [0, 0.1) is 5.92 Å². The summed E-state index contributed by atoms with van der Waals surface area (Å²) in [5.74, 6) is 0.344. The van der Waals surface area contributed by atoms with E-state index >= 15 is 0 Å². The Hall–Kier alpha value is -2.04. The smallest absolute Gasteiger partial charge is 0.221 e. The summed E-state index contributed by atoms with van der Waals surface area (Å²) in [7, 11) is 0. The van der Waals surface area contributed by atoms with E-state index in [1.54, 1.807) is 0 Å². The molecule has 0 aliphatic rings. The van der Waals surface area contributed by atoms with Crippen LogP contribution in [-0.4, -0.2) is 12.5 Å². The van der Waals surface area contributed by atoms with Crippen LogP contribution >= 0.6 is 11.6 Å². The maximum absolute atomic E-state index is 11.0. The van der Waals surface area contributed by atoms with Crippen molar-refractivity contribution in [3.63, 3.8) is 0 Å². The largest absolute Gasteiger partial charge is 0.489 e. The fourth-order valence-electron chi connectivity index (χ4n) is 2.03. The average molecular weight is 333 g/mol. The fraction of sp³-hybridized carbons (Fsp3) is 0.278. The lowest BCUT2D eigenvalue weighted by Gasteiger charge is -2.10. The number of carbonyl (C=O) groups is 1. The van der Waals surface area contributed by atoms with Gasteiger partial charge in [-0.1, -0.05) is 42.8 Å². The molecular formula is C18H21ClN2O2. The minimum Gasteiger partial charge on any atom is -0.489 e. The number of amides is 1. The zero-order valence-electron chi connectivity index (χ0n) is 13.1. The molecule has 1 unspecified atom stereocenters. The second-order valence-corrected chi connectivity index (χ2v) is 5.93. The second kappa shape index (κ2) is 8.56. The third-order valence-corrected chi connectivity index (χ3v) is 3.72. The van der Waals surface area contributed by atoms with E-state index in [-0.39, 0.29) is 11.8 Å². The summed E-state index contributed by atoms with van der Waals surface area (Å²) >= 11 is 5.95. The van der Waals surface area contributed by atoms with Gasteiger partial charge in [-0.2, -0.15) is 0 Å². The van der Waals surface area contributed by atoms with E-state index in [1.807, 2.05) is 55.5 Å². The third-order valence-electron chi connectivity index (χ3n) is 3.48. The lowest BCUT2D eigenvalue weighted by atomic mass is 10.1. The van der Waals surface area contributed by atoms with E-state index in [2.05, 4.69) is 5.32 Å². The molecule has 4 nitrogen and oxygen atoms in total. The molecule has 122 valence electrons. The van der Waals surface area contributed by atoms with Gasteiger partial charge < -0.3 is 15.8 Å². The predicted octanol–water partition coefficient (Wildman–Crippen LogP) is 3.13. The van der Waals surface area contributed by atoms with Gasteiger partial charge in [0.05, 0.1) is 0 Å². The topological polar surface area (TPSA) is 64.3 Å². The van der Waals surface area contributed by atoms with Gasteiger partial charge in [0.15, 0.2) is 0 Å². The highest BCUT2D eigenvalue weighted by molar-refractivity contribution is 6.30. The number of nitrogens with two attached hydrogens (primary N) is 1. The molecule has 2 rings (SSSR count). The highest BCUT2D eigenvalue weighted by Crippen LogP contribution is 2.16. The van der Waals surface area contributed by atoms with Gasteiger partial charge in [0.2, 0.25) is 5.91 Å². The van der Waals surface area contributed by atoms with Crippen molar-refractivity contribution in [1.29, 1.82) is 0 Å². The van der Waals surface area contributed by atoms with Gasteiger partial charge in [-0.05, 0) is 35.4 Å². The summed E-state index contributed by atoms with van der Waals surface area (Å²) in [5.41, 5.74) is 7.38. The summed E-state index contributed by atoms with van der Waals surface area (Å²) in [4.78, 5) is 11.0. The van der Waals surface area contributed by atoms with E-state index in [0.29, 0.717) is 24.7 Å². The number of rotatable bonds is 8. The van der Waals surface area contributed by atoms with Crippen molar-refractivity contribution in [1.82, 2.24) is 5.32 Å². The molecule has 0 aliphatic carbocycles. The average Bonchev–Trinajstić information content (AvgIpc) is 2.54. The third kappa shape index (κ3) is 5.93. The Labute approximate surface area is 141 Å². The van der Waals surface area contributed by atoms with Crippen LogP contribution in [0.5, 0.6) is 5.75 Å². The number of nitrogens with one attached hydrogen (secondary N) is 1. The Bertz CT molecular complexity index is 644. The number of carbonyl (C=O) groups excluding carboxylic acids is 1. The van der Waals surface area contributed by atoms with Gasteiger partial charge in [0, 0.05) is 24.0 Å². The summed E-state index contributed by atoms with van der Waals surface area (Å²) in [5, 5.41) is 3.92. The molecule has 0 aromatic heterocycles. The number of benzene rings is 2. The quantitative estimate of drug-likeness (QED) is 0.780. The van der Waals surface area contributed by atoms with Crippen LogP contribution in [0.1, 0.15) is 18.1 Å². The SMILES string of the molecule is CC(CNCc1ccc(OCc2cccc(Cl)c2)cc1)C(N)=O. The molecule has 0 saturated carbocycles. The molecule has 1 atom stereocenters. The van der Waals surface area contributed by atoms with E-state index in [1.165, 1.54) is 0 Å². The van der Waals surface area contributed by atoms with Gasteiger partial charge >= 0.3 is 0 Å². The monoisotopic (exact) mass is 332 g/mol. The molecule has 2 aromatic carbocycles. The van der Waals surface area contributed by atoms with Crippen molar-refractivity contribution in [2.24, 2.45) is 11.7 Å². The van der Waals surface area contributed by atoms with Gasteiger partial charge in [0.25, 0.3) is 0 Å². The van der Waals surface area contributed by atoms with Gasteiger partial charge in [0.1, 0.15) is 12.4 Å². The minimum absolute atomic E-state index is 0.171. The highest BCUT2D eigenvalue weighted by atomic mass is 35.5. The van der Waals surface area contributed by atoms with Crippen LogP contribution in [0.3, 0.4) is 0 Å². The maximum atomic E-state index is 11.0. The molecule has 3 N–H and O–H groups in total. The van der Waals surface area contributed by atoms with E-state index < -0.39 is 0 Å². The van der Waals surface area contributed by atoms with Crippen LogP contribution in [-0.2, 0) is 17.9 Å². The standard InChI is InChI=1S/C18H21ClN2O2/c1-13(18(20)22)10-21-11-14-5-7-17(8-6-14)23-12-15-3-2-4-16(19)9-15/h2-9,13,21H,10-12H2,1H3,(H2,20,22). The Morgan fingerprint density at radius 3 is 2.61 bits per heavy atom. The molecular weight excluding hydrogens is 312 g/mol. The molecule has 2 aromatic rings. The number of ether oxygens (including phenoxy) is 1. The van der Waals surface area contributed by atoms with Crippen LogP contribution in [0.2, 0.25) is 5.02 Å². The number of hydrogen-bond donors (Lipinski definition) is 2. The predicted molar refractivity (Wildman–Crippen MR) is 92.3 cm³/mol. The van der Waals surface area contributed by atoms with Crippen LogP contribution in [0.4, 0.5) is 0 Å². The molecule has 23 heavy (non-hydrogen) atoms.